The van der Waals surface area contributed by atoms with Crippen LogP contribution in [0.2, 0.25) is 0 Å². The van der Waals surface area contributed by atoms with E-state index in [0.717, 1.165) is 0 Å². The van der Waals surface area contributed by atoms with Crippen molar-refractivity contribution in [3.05, 3.63) is 0 Å². The van der Waals surface area contributed by atoms with Gasteiger partial charge in [-0.25, -0.2) is 0 Å². The van der Waals surface area contributed by atoms with Gasteiger partial charge in [0, 0.05) is 0 Å². The fourth-order valence-corrected chi connectivity index (χ4v) is 1.78. The van der Waals surface area contributed by atoms with Crippen molar-refractivity contribution < 1.29 is 19.8 Å². The monoisotopic (exact) mass is 376 g/mol. The third-order valence-electron chi connectivity index (χ3n) is 3.96. The van der Waals surface area contributed by atoms with Gasteiger partial charge >= 0.3 is 11.9 Å². The number of hydrogen-bond donors (Lipinski definition) is 4. The Labute approximate surface area is 160 Å². The van der Waals surface area contributed by atoms with Gasteiger partial charge in [-0.2, -0.15) is 0 Å². The molecule has 0 heterocycles. The van der Waals surface area contributed by atoms with Gasteiger partial charge < -0.3 is 21.7 Å². The standard InChI is InChI=1S/C10H22.2C5H11NO2/c1-3-5-7-9-10-8-6-4-2;2*1-3(2)4(6)5(7)8/h3-10H2,1-2H3;2*3-4H,6H2,1-2H3,(H,7,8)/t;2*4-/m.00/s1. The molecule has 0 unspecified atom stereocenters. The van der Waals surface area contributed by atoms with E-state index in [1.54, 1.807) is 27.7 Å². The average molecular weight is 377 g/mol. The quantitative estimate of drug-likeness (QED) is 0.399. The Kier molecular flexibility index (Phi) is 23.0. The molecular formula is C20H44N2O4. The van der Waals surface area contributed by atoms with E-state index < -0.39 is 24.0 Å². The van der Waals surface area contributed by atoms with E-state index in [4.69, 9.17) is 21.7 Å². The highest BCUT2D eigenvalue weighted by atomic mass is 16.4. The molecule has 158 valence electrons. The molecule has 0 aromatic heterocycles. The fraction of sp³-hybridized carbons (Fsp3) is 0.900. The summed E-state index contributed by atoms with van der Waals surface area (Å²) in [5, 5.41) is 16.5. The largest absolute Gasteiger partial charge is 0.480 e. The first-order chi connectivity index (χ1) is 12.0. The van der Waals surface area contributed by atoms with Crippen LogP contribution in [-0.2, 0) is 9.59 Å². The summed E-state index contributed by atoms with van der Waals surface area (Å²) in [5.41, 5.74) is 10.3. The van der Waals surface area contributed by atoms with Gasteiger partial charge in [-0.1, -0.05) is 92.9 Å². The fourth-order valence-electron chi connectivity index (χ4n) is 1.78. The van der Waals surface area contributed by atoms with Crippen LogP contribution in [0.5, 0.6) is 0 Å². The number of carbonyl (C=O) groups is 2. The molecule has 26 heavy (non-hydrogen) atoms. The predicted molar refractivity (Wildman–Crippen MR) is 109 cm³/mol. The zero-order valence-electron chi connectivity index (χ0n) is 17.8. The Balaban J connectivity index is -0.000000308. The van der Waals surface area contributed by atoms with Crippen molar-refractivity contribution in [3.8, 4) is 0 Å². The van der Waals surface area contributed by atoms with Crippen molar-refractivity contribution in [1.29, 1.82) is 0 Å². The Morgan fingerprint density at radius 2 is 0.885 bits per heavy atom. The highest BCUT2D eigenvalue weighted by molar-refractivity contribution is 5.73. The lowest BCUT2D eigenvalue weighted by Gasteiger charge is -2.07. The number of aliphatic carboxylic acids is 2. The second-order valence-corrected chi connectivity index (χ2v) is 7.34. The van der Waals surface area contributed by atoms with Gasteiger partial charge in [-0.15, -0.1) is 0 Å². The second-order valence-electron chi connectivity index (χ2n) is 7.34. The van der Waals surface area contributed by atoms with Crippen molar-refractivity contribution in [3.63, 3.8) is 0 Å². The number of unbranched alkanes of at least 4 members (excludes halogenated alkanes) is 7. The zero-order valence-corrected chi connectivity index (χ0v) is 17.8. The Morgan fingerprint density at radius 1 is 0.654 bits per heavy atom. The molecule has 2 atom stereocenters. The molecule has 0 aliphatic heterocycles. The molecule has 0 aromatic carbocycles. The topological polar surface area (TPSA) is 127 Å². The molecular weight excluding hydrogens is 332 g/mol. The Morgan fingerprint density at radius 3 is 1.00 bits per heavy atom. The normalized spacial score (nSPS) is 12.5. The first kappa shape index (κ1) is 29.6. The van der Waals surface area contributed by atoms with E-state index in [1.807, 2.05) is 0 Å². The minimum Gasteiger partial charge on any atom is -0.480 e. The molecule has 6 heteroatoms. The first-order valence-corrected chi connectivity index (χ1v) is 9.99. The molecule has 0 aromatic rings. The average Bonchev–Trinajstić information content (AvgIpc) is 2.57. The number of nitrogens with two attached hydrogens (primary N) is 2. The molecule has 6 nitrogen and oxygen atoms in total. The number of carboxylic acids is 2. The lowest BCUT2D eigenvalue weighted by atomic mass is 10.1. The lowest BCUT2D eigenvalue weighted by Crippen LogP contribution is -2.34. The van der Waals surface area contributed by atoms with Crippen LogP contribution in [0.25, 0.3) is 0 Å². The van der Waals surface area contributed by atoms with E-state index in [1.165, 1.54) is 51.4 Å². The minimum atomic E-state index is -0.931. The smallest absolute Gasteiger partial charge is 0.320 e. The van der Waals surface area contributed by atoms with Crippen molar-refractivity contribution in [1.82, 2.24) is 0 Å². The molecule has 0 saturated carbocycles. The van der Waals surface area contributed by atoms with Crippen molar-refractivity contribution in [2.45, 2.75) is 105 Å². The van der Waals surface area contributed by atoms with Crippen molar-refractivity contribution in [2.75, 3.05) is 0 Å². The van der Waals surface area contributed by atoms with Crippen LogP contribution in [0.4, 0.5) is 0 Å². The van der Waals surface area contributed by atoms with Gasteiger partial charge in [0.2, 0.25) is 0 Å². The summed E-state index contributed by atoms with van der Waals surface area (Å²) in [6.07, 6.45) is 11.5. The summed E-state index contributed by atoms with van der Waals surface area (Å²) < 4.78 is 0. The maximum Gasteiger partial charge on any atom is 0.320 e. The van der Waals surface area contributed by atoms with Gasteiger partial charge in [0.25, 0.3) is 0 Å². The molecule has 0 fully saturated rings. The predicted octanol–water partition coefficient (Wildman–Crippen LogP) is 4.26. The van der Waals surface area contributed by atoms with E-state index in [2.05, 4.69) is 13.8 Å². The summed E-state index contributed by atoms with van der Waals surface area (Å²) >= 11 is 0. The molecule has 0 rings (SSSR count). The molecule has 0 aliphatic rings. The van der Waals surface area contributed by atoms with E-state index in [-0.39, 0.29) is 11.8 Å². The molecule has 0 amide bonds. The molecule has 0 spiro atoms. The number of hydrogen-bond acceptors (Lipinski definition) is 4. The van der Waals surface area contributed by atoms with Crippen LogP contribution in [0, 0.1) is 11.8 Å². The van der Waals surface area contributed by atoms with Crippen LogP contribution in [0.15, 0.2) is 0 Å². The molecule has 0 aliphatic carbocycles. The summed E-state index contributed by atoms with van der Waals surface area (Å²) in [6, 6.07) is -1.43. The lowest BCUT2D eigenvalue weighted by molar-refractivity contribution is -0.140. The van der Waals surface area contributed by atoms with E-state index in [9.17, 15) is 9.59 Å². The molecule has 6 N–H and O–H groups in total. The summed E-state index contributed by atoms with van der Waals surface area (Å²) in [4.78, 5) is 20.0. The van der Waals surface area contributed by atoms with Crippen LogP contribution >= 0.6 is 0 Å². The van der Waals surface area contributed by atoms with Crippen LogP contribution < -0.4 is 11.5 Å². The number of carboxylic acid groups (broad SMARTS) is 2. The third kappa shape index (κ3) is 22.9. The third-order valence-corrected chi connectivity index (χ3v) is 3.96. The maximum atomic E-state index is 10.0. The van der Waals surface area contributed by atoms with Crippen molar-refractivity contribution >= 4 is 11.9 Å². The molecule has 0 bridgehead atoms. The van der Waals surface area contributed by atoms with E-state index in [0.29, 0.717) is 0 Å². The van der Waals surface area contributed by atoms with Crippen LogP contribution in [0.1, 0.15) is 92.9 Å². The van der Waals surface area contributed by atoms with Gasteiger partial charge in [0.1, 0.15) is 12.1 Å². The van der Waals surface area contributed by atoms with E-state index >= 15 is 0 Å². The minimum absolute atomic E-state index is 0.0208. The highest BCUT2D eigenvalue weighted by Gasteiger charge is 2.14. The maximum absolute atomic E-state index is 10.0. The van der Waals surface area contributed by atoms with Gasteiger partial charge in [0.15, 0.2) is 0 Å². The summed E-state index contributed by atoms with van der Waals surface area (Å²) in [6.45, 7) is 11.6. The highest BCUT2D eigenvalue weighted by Crippen LogP contribution is 2.07. The van der Waals surface area contributed by atoms with Gasteiger partial charge in [-0.05, 0) is 11.8 Å². The Hall–Kier alpha value is -1.14. The molecule has 0 saturated heterocycles. The van der Waals surface area contributed by atoms with Crippen LogP contribution in [-0.4, -0.2) is 34.2 Å². The summed E-state index contributed by atoms with van der Waals surface area (Å²) in [7, 11) is 0. The first-order valence-electron chi connectivity index (χ1n) is 9.99. The van der Waals surface area contributed by atoms with Gasteiger partial charge in [0.05, 0.1) is 0 Å². The Bertz CT molecular complexity index is 302. The van der Waals surface area contributed by atoms with Crippen LogP contribution in [0.3, 0.4) is 0 Å². The SMILES string of the molecule is CC(C)[C@H](N)C(=O)O.CC(C)[C@H](N)C(=O)O.CCCCCCCCCC. The second kappa shape index (κ2) is 20.2. The van der Waals surface area contributed by atoms with Crippen molar-refractivity contribution in [2.24, 2.45) is 23.3 Å². The van der Waals surface area contributed by atoms with Gasteiger partial charge in [-0.3, -0.25) is 9.59 Å². The summed E-state index contributed by atoms with van der Waals surface area (Å²) in [5.74, 6) is -1.82. The molecule has 0 radical (unpaired) electrons. The number of rotatable bonds is 11. The zero-order chi connectivity index (χ0) is 21.1.